The first-order valence-corrected chi connectivity index (χ1v) is 8.63. The minimum atomic E-state index is -0.571. The van der Waals surface area contributed by atoms with Crippen LogP contribution in [-0.2, 0) is 0 Å². The van der Waals surface area contributed by atoms with Gasteiger partial charge in [0.1, 0.15) is 11.4 Å². The van der Waals surface area contributed by atoms with E-state index in [1.54, 1.807) is 18.5 Å². The quantitative estimate of drug-likeness (QED) is 0.660. The lowest BCUT2D eigenvalue weighted by Crippen LogP contribution is -2.37. The maximum Gasteiger partial charge on any atom is 0.271 e. The van der Waals surface area contributed by atoms with Gasteiger partial charge in [-0.05, 0) is 24.6 Å². The van der Waals surface area contributed by atoms with E-state index in [1.807, 2.05) is 0 Å². The summed E-state index contributed by atoms with van der Waals surface area (Å²) in [7, 11) is 0. The molecule has 2 heterocycles. The Hall–Kier alpha value is -3.07. The number of fused-ring (bicyclic) bond motifs is 1. The summed E-state index contributed by atoms with van der Waals surface area (Å²) in [5.41, 5.74) is 0.127. The average Bonchev–Trinajstić information content (AvgIpc) is 3.10. The van der Waals surface area contributed by atoms with Crippen LogP contribution in [0, 0.1) is 12.7 Å². The lowest BCUT2D eigenvalue weighted by molar-refractivity contribution is 0.0926. The van der Waals surface area contributed by atoms with Crippen molar-refractivity contribution in [3.8, 4) is 0 Å². The van der Waals surface area contributed by atoms with Crippen molar-refractivity contribution in [1.29, 1.82) is 0 Å². The van der Waals surface area contributed by atoms with Crippen LogP contribution in [0.1, 0.15) is 26.3 Å². The average molecular weight is 374 g/mol. The van der Waals surface area contributed by atoms with Crippen LogP contribution in [-0.4, -0.2) is 34.3 Å². The van der Waals surface area contributed by atoms with E-state index in [0.717, 1.165) is 6.07 Å². The van der Waals surface area contributed by atoms with Gasteiger partial charge in [0.05, 0.1) is 0 Å². The zero-order valence-electron chi connectivity index (χ0n) is 13.8. The monoisotopic (exact) mass is 374 g/mol. The molecule has 9 heteroatoms. The number of hydrogen-bond donors (Lipinski definition) is 2. The second kappa shape index (κ2) is 7.44. The summed E-state index contributed by atoms with van der Waals surface area (Å²) < 4.78 is 14.8. The highest BCUT2D eigenvalue weighted by atomic mass is 32.1. The fraction of sp³-hybridized carbons (Fsp3) is 0.176. The Labute approximate surface area is 151 Å². The molecule has 1 aromatic carbocycles. The number of thiazole rings is 1. The number of carbonyl (C=O) groups is 2. The molecule has 0 aliphatic carbocycles. The topological polar surface area (TPSA) is 92.6 Å². The van der Waals surface area contributed by atoms with Crippen molar-refractivity contribution in [2.24, 2.45) is 0 Å². The summed E-state index contributed by atoms with van der Waals surface area (Å²) in [4.78, 5) is 40.8. The Kier molecular flexibility index (Phi) is 5.08. The molecular formula is C17H15FN4O3S. The molecule has 0 aliphatic rings. The van der Waals surface area contributed by atoms with Crippen molar-refractivity contribution in [3.63, 3.8) is 0 Å². The summed E-state index contributed by atoms with van der Waals surface area (Å²) >= 11 is 1.29. The maximum absolute atomic E-state index is 13.5. The maximum atomic E-state index is 13.5. The van der Waals surface area contributed by atoms with Gasteiger partial charge in [0, 0.05) is 36.4 Å². The molecule has 0 spiro atoms. The van der Waals surface area contributed by atoms with Gasteiger partial charge in [-0.2, -0.15) is 0 Å². The van der Waals surface area contributed by atoms with Gasteiger partial charge in [0.25, 0.3) is 17.4 Å². The molecule has 0 saturated heterocycles. The first-order chi connectivity index (χ1) is 12.5. The van der Waals surface area contributed by atoms with Gasteiger partial charge in [0.2, 0.25) is 0 Å². The molecule has 0 fully saturated rings. The van der Waals surface area contributed by atoms with Crippen LogP contribution in [0.15, 0.2) is 40.8 Å². The number of aromatic nitrogens is 2. The van der Waals surface area contributed by atoms with Crippen LogP contribution in [0.5, 0.6) is 0 Å². The highest BCUT2D eigenvalue weighted by Crippen LogP contribution is 2.09. The standard InChI is InChI=1S/C17H15FN4O3S/c1-10-2-3-11(8-13(10)18)14(23)19-4-5-20-15(24)12-9-21-17-22(16(12)25)6-7-26-17/h2-3,6-9H,4-5H2,1H3,(H,19,23)(H,20,24). The Morgan fingerprint density at radius 1 is 1.23 bits per heavy atom. The van der Waals surface area contributed by atoms with E-state index in [9.17, 15) is 18.8 Å². The number of hydrogen-bond acceptors (Lipinski definition) is 5. The molecule has 7 nitrogen and oxygen atoms in total. The molecule has 0 atom stereocenters. The van der Waals surface area contributed by atoms with Crippen molar-refractivity contribution < 1.29 is 14.0 Å². The smallest absolute Gasteiger partial charge is 0.271 e. The van der Waals surface area contributed by atoms with Crippen LogP contribution in [0.25, 0.3) is 4.96 Å². The lowest BCUT2D eigenvalue weighted by Gasteiger charge is -2.07. The minimum absolute atomic E-state index is 0.0761. The lowest BCUT2D eigenvalue weighted by atomic mass is 10.1. The van der Waals surface area contributed by atoms with Gasteiger partial charge in [-0.3, -0.25) is 18.8 Å². The fourth-order valence-electron chi connectivity index (χ4n) is 2.26. The van der Waals surface area contributed by atoms with Gasteiger partial charge in [0.15, 0.2) is 4.96 Å². The van der Waals surface area contributed by atoms with Crippen molar-refractivity contribution in [2.45, 2.75) is 6.92 Å². The molecule has 0 aliphatic heterocycles. The third-order valence-corrected chi connectivity index (χ3v) is 4.49. The number of amides is 2. The molecule has 0 saturated carbocycles. The SMILES string of the molecule is Cc1ccc(C(=O)NCCNC(=O)c2cnc3sccn3c2=O)cc1F. The van der Waals surface area contributed by atoms with Crippen molar-refractivity contribution in [3.05, 3.63) is 68.8 Å². The summed E-state index contributed by atoms with van der Waals surface area (Å²) in [6.45, 7) is 1.86. The highest BCUT2D eigenvalue weighted by molar-refractivity contribution is 7.15. The van der Waals surface area contributed by atoms with E-state index in [1.165, 1.54) is 34.1 Å². The van der Waals surface area contributed by atoms with Crippen LogP contribution < -0.4 is 16.2 Å². The number of nitrogens with one attached hydrogen (secondary N) is 2. The molecule has 2 aromatic heterocycles. The Morgan fingerprint density at radius 3 is 2.69 bits per heavy atom. The van der Waals surface area contributed by atoms with Crippen LogP contribution in [0.2, 0.25) is 0 Å². The zero-order valence-corrected chi connectivity index (χ0v) is 14.6. The van der Waals surface area contributed by atoms with Crippen LogP contribution in [0.3, 0.4) is 0 Å². The van der Waals surface area contributed by atoms with Crippen molar-refractivity contribution >= 4 is 28.1 Å². The van der Waals surface area contributed by atoms with E-state index in [-0.39, 0.29) is 24.2 Å². The molecule has 26 heavy (non-hydrogen) atoms. The highest BCUT2D eigenvalue weighted by Gasteiger charge is 2.13. The second-order valence-electron chi connectivity index (χ2n) is 5.51. The fourth-order valence-corrected chi connectivity index (χ4v) is 2.94. The number of carbonyl (C=O) groups excluding carboxylic acids is 2. The molecule has 0 unspecified atom stereocenters. The minimum Gasteiger partial charge on any atom is -0.350 e. The predicted molar refractivity (Wildman–Crippen MR) is 95.1 cm³/mol. The molecule has 0 bridgehead atoms. The van der Waals surface area contributed by atoms with E-state index in [4.69, 9.17) is 0 Å². The van der Waals surface area contributed by atoms with E-state index in [0.29, 0.717) is 10.5 Å². The summed E-state index contributed by atoms with van der Waals surface area (Å²) in [6, 6.07) is 4.20. The van der Waals surface area contributed by atoms with E-state index >= 15 is 0 Å². The van der Waals surface area contributed by atoms with E-state index in [2.05, 4.69) is 15.6 Å². The largest absolute Gasteiger partial charge is 0.350 e. The second-order valence-corrected chi connectivity index (χ2v) is 6.38. The van der Waals surface area contributed by atoms with Gasteiger partial charge >= 0.3 is 0 Å². The molecule has 3 aromatic rings. The first-order valence-electron chi connectivity index (χ1n) is 7.75. The summed E-state index contributed by atoms with van der Waals surface area (Å²) in [6.07, 6.45) is 2.78. The van der Waals surface area contributed by atoms with Crippen molar-refractivity contribution in [2.75, 3.05) is 13.1 Å². The molecule has 2 amide bonds. The first kappa shape index (κ1) is 17.7. The number of halogens is 1. The van der Waals surface area contributed by atoms with Gasteiger partial charge < -0.3 is 10.6 Å². The molecule has 134 valence electrons. The number of aryl methyl sites for hydroxylation is 1. The molecule has 3 rings (SSSR count). The normalized spacial score (nSPS) is 10.7. The van der Waals surface area contributed by atoms with E-state index < -0.39 is 23.2 Å². The summed E-state index contributed by atoms with van der Waals surface area (Å²) in [5, 5.41) is 6.82. The Morgan fingerprint density at radius 2 is 1.96 bits per heavy atom. The summed E-state index contributed by atoms with van der Waals surface area (Å²) in [5.74, 6) is -1.47. The molecule has 0 radical (unpaired) electrons. The van der Waals surface area contributed by atoms with Gasteiger partial charge in [-0.15, -0.1) is 11.3 Å². The molecule has 2 N–H and O–H groups in total. The number of benzene rings is 1. The molecular weight excluding hydrogens is 359 g/mol. The van der Waals surface area contributed by atoms with Gasteiger partial charge in [-0.25, -0.2) is 9.37 Å². The number of nitrogens with zero attached hydrogens (tertiary/aromatic N) is 2. The zero-order chi connectivity index (χ0) is 18.7. The predicted octanol–water partition coefficient (Wildman–Crippen LogP) is 1.36. The third-order valence-electron chi connectivity index (χ3n) is 3.72. The third kappa shape index (κ3) is 3.62. The van der Waals surface area contributed by atoms with Crippen molar-refractivity contribution in [1.82, 2.24) is 20.0 Å². The van der Waals surface area contributed by atoms with Crippen LogP contribution in [0.4, 0.5) is 4.39 Å². The number of rotatable bonds is 5. The van der Waals surface area contributed by atoms with Gasteiger partial charge in [-0.1, -0.05) is 6.07 Å². The Balaban J connectivity index is 1.55. The van der Waals surface area contributed by atoms with Crippen LogP contribution >= 0.6 is 11.3 Å². The Bertz CT molecular complexity index is 1040.